The molecule has 3 aromatic rings. The van der Waals surface area contributed by atoms with Crippen molar-refractivity contribution in [2.45, 2.75) is 26.2 Å². The summed E-state index contributed by atoms with van der Waals surface area (Å²) < 4.78 is 0. The van der Waals surface area contributed by atoms with Crippen LogP contribution in [0.4, 0.5) is 11.5 Å². The zero-order valence-corrected chi connectivity index (χ0v) is 16.7. The van der Waals surface area contributed by atoms with Crippen LogP contribution in [0, 0.1) is 5.92 Å². The van der Waals surface area contributed by atoms with E-state index in [9.17, 15) is 4.79 Å². The molecule has 148 valence electrons. The van der Waals surface area contributed by atoms with Crippen molar-refractivity contribution >= 4 is 17.4 Å². The molecule has 0 spiro atoms. The lowest BCUT2D eigenvalue weighted by molar-refractivity contribution is -0.115. The highest BCUT2D eigenvalue weighted by Gasteiger charge is 2.17. The Morgan fingerprint density at radius 2 is 1.79 bits per heavy atom. The van der Waals surface area contributed by atoms with Gasteiger partial charge in [-0.3, -0.25) is 4.79 Å². The maximum atomic E-state index is 12.3. The minimum absolute atomic E-state index is 0.0332. The van der Waals surface area contributed by atoms with Gasteiger partial charge in [-0.05, 0) is 48.6 Å². The first kappa shape index (κ1) is 19.1. The van der Waals surface area contributed by atoms with Crippen LogP contribution in [-0.2, 0) is 11.2 Å². The molecule has 5 heteroatoms. The fourth-order valence-corrected chi connectivity index (χ4v) is 3.63. The molecular weight excluding hydrogens is 360 g/mol. The molecule has 2 aromatic carbocycles. The molecule has 0 unspecified atom stereocenters. The topological polar surface area (TPSA) is 58.1 Å². The summed E-state index contributed by atoms with van der Waals surface area (Å²) in [6.07, 6.45) is 2.76. The maximum absolute atomic E-state index is 12.3. The molecule has 0 radical (unpaired) electrons. The highest BCUT2D eigenvalue weighted by atomic mass is 16.1. The van der Waals surface area contributed by atoms with E-state index in [0.717, 1.165) is 47.3 Å². The highest BCUT2D eigenvalue weighted by Crippen LogP contribution is 2.24. The smallest absolute Gasteiger partial charge is 0.228 e. The Labute approximate surface area is 171 Å². The lowest BCUT2D eigenvalue weighted by atomic mass is 9.99. The summed E-state index contributed by atoms with van der Waals surface area (Å²) in [4.78, 5) is 14.6. The molecule has 1 aliphatic rings. The van der Waals surface area contributed by atoms with Crippen LogP contribution in [0.25, 0.3) is 11.3 Å². The van der Waals surface area contributed by atoms with Crippen molar-refractivity contribution in [3.8, 4) is 11.3 Å². The molecule has 2 heterocycles. The van der Waals surface area contributed by atoms with Crippen molar-refractivity contribution in [3.63, 3.8) is 0 Å². The number of nitrogens with one attached hydrogen (secondary N) is 1. The van der Waals surface area contributed by atoms with Crippen LogP contribution >= 0.6 is 0 Å². The van der Waals surface area contributed by atoms with E-state index in [1.54, 1.807) is 0 Å². The second-order valence-corrected chi connectivity index (χ2v) is 7.74. The van der Waals surface area contributed by atoms with Crippen LogP contribution in [0.1, 0.15) is 25.3 Å². The second kappa shape index (κ2) is 8.86. The molecule has 0 atom stereocenters. The van der Waals surface area contributed by atoms with Gasteiger partial charge in [-0.2, -0.15) is 0 Å². The Kier molecular flexibility index (Phi) is 5.84. The molecule has 0 aliphatic carbocycles. The molecule has 5 nitrogen and oxygen atoms in total. The average molecular weight is 386 g/mol. The zero-order valence-electron chi connectivity index (χ0n) is 16.7. The summed E-state index contributed by atoms with van der Waals surface area (Å²) in [5, 5.41) is 11.8. The fourth-order valence-electron chi connectivity index (χ4n) is 3.63. The maximum Gasteiger partial charge on any atom is 0.228 e. The van der Waals surface area contributed by atoms with E-state index in [0.29, 0.717) is 6.42 Å². The first-order chi connectivity index (χ1) is 14.2. The third kappa shape index (κ3) is 4.99. The second-order valence-electron chi connectivity index (χ2n) is 7.74. The SMILES string of the molecule is CC1CCN(c2ccc(-c3cccc(NC(=O)Cc4ccccc4)c3)nn2)CC1. The van der Waals surface area contributed by atoms with Crippen molar-refractivity contribution in [2.24, 2.45) is 5.92 Å². The first-order valence-corrected chi connectivity index (χ1v) is 10.2. The minimum Gasteiger partial charge on any atom is -0.355 e. The third-order valence-electron chi connectivity index (χ3n) is 5.41. The molecule has 0 saturated carbocycles. The van der Waals surface area contributed by atoms with Gasteiger partial charge in [-0.25, -0.2) is 0 Å². The number of benzene rings is 2. The molecule has 1 amide bonds. The molecule has 0 bridgehead atoms. The van der Waals surface area contributed by atoms with Crippen molar-refractivity contribution in [3.05, 3.63) is 72.3 Å². The fraction of sp³-hybridized carbons (Fsp3) is 0.292. The Bertz CT molecular complexity index is 948. The van der Waals surface area contributed by atoms with Gasteiger partial charge in [0.15, 0.2) is 5.82 Å². The molecule has 29 heavy (non-hydrogen) atoms. The Morgan fingerprint density at radius 3 is 2.52 bits per heavy atom. The van der Waals surface area contributed by atoms with Crippen molar-refractivity contribution < 1.29 is 4.79 Å². The molecule has 1 aliphatic heterocycles. The van der Waals surface area contributed by atoms with Crippen LogP contribution in [0.2, 0.25) is 0 Å². The Hall–Kier alpha value is -3.21. The predicted octanol–water partition coefficient (Wildman–Crippen LogP) is 4.56. The summed E-state index contributed by atoms with van der Waals surface area (Å²) in [6, 6.07) is 21.5. The third-order valence-corrected chi connectivity index (χ3v) is 5.41. The van der Waals surface area contributed by atoms with Crippen LogP contribution in [0.15, 0.2) is 66.7 Å². The number of carbonyl (C=O) groups excluding carboxylic acids is 1. The number of carbonyl (C=O) groups is 1. The quantitative estimate of drug-likeness (QED) is 0.698. The number of hydrogen-bond donors (Lipinski definition) is 1. The van der Waals surface area contributed by atoms with Gasteiger partial charge in [-0.15, -0.1) is 10.2 Å². The van der Waals surface area contributed by atoms with E-state index in [1.807, 2.05) is 66.7 Å². The molecule has 1 saturated heterocycles. The largest absolute Gasteiger partial charge is 0.355 e. The van der Waals surface area contributed by atoms with Gasteiger partial charge in [0.25, 0.3) is 0 Å². The number of amides is 1. The van der Waals surface area contributed by atoms with Gasteiger partial charge >= 0.3 is 0 Å². The molecule has 1 aromatic heterocycles. The van der Waals surface area contributed by atoms with E-state index in [-0.39, 0.29) is 5.91 Å². The summed E-state index contributed by atoms with van der Waals surface area (Å²) >= 11 is 0. The normalized spacial score (nSPS) is 14.6. The predicted molar refractivity (Wildman–Crippen MR) is 117 cm³/mol. The van der Waals surface area contributed by atoms with Crippen LogP contribution in [0.5, 0.6) is 0 Å². The number of aromatic nitrogens is 2. The van der Waals surface area contributed by atoms with Crippen LogP contribution in [0.3, 0.4) is 0 Å². The Balaban J connectivity index is 1.42. The number of rotatable bonds is 5. The minimum atomic E-state index is -0.0332. The van der Waals surface area contributed by atoms with Crippen molar-refractivity contribution in [1.82, 2.24) is 10.2 Å². The number of hydrogen-bond acceptors (Lipinski definition) is 4. The van der Waals surface area contributed by atoms with Gasteiger partial charge < -0.3 is 10.2 Å². The van der Waals surface area contributed by atoms with E-state index in [1.165, 1.54) is 12.8 Å². The summed E-state index contributed by atoms with van der Waals surface area (Å²) in [6.45, 7) is 4.38. The Morgan fingerprint density at radius 1 is 1.00 bits per heavy atom. The molecule has 1 N–H and O–H groups in total. The molecule has 4 rings (SSSR count). The lowest BCUT2D eigenvalue weighted by Gasteiger charge is -2.30. The standard InChI is InChI=1S/C24H26N4O/c1-18-12-14-28(15-13-18)23-11-10-22(26-27-23)20-8-5-9-21(17-20)25-24(29)16-19-6-3-2-4-7-19/h2-11,17-18H,12-16H2,1H3,(H,25,29). The van der Waals surface area contributed by atoms with Gasteiger partial charge in [-0.1, -0.05) is 49.4 Å². The summed E-state index contributed by atoms with van der Waals surface area (Å²) in [7, 11) is 0. The van der Waals surface area contributed by atoms with Crippen LogP contribution in [-0.4, -0.2) is 29.2 Å². The molecule has 1 fully saturated rings. The number of nitrogens with zero attached hydrogens (tertiary/aromatic N) is 3. The lowest BCUT2D eigenvalue weighted by Crippen LogP contribution is -2.33. The summed E-state index contributed by atoms with van der Waals surface area (Å²) in [5.41, 5.74) is 3.50. The van der Waals surface area contributed by atoms with Gasteiger partial charge in [0.05, 0.1) is 12.1 Å². The average Bonchev–Trinajstić information content (AvgIpc) is 2.75. The van der Waals surface area contributed by atoms with Gasteiger partial charge in [0, 0.05) is 24.3 Å². The first-order valence-electron chi connectivity index (χ1n) is 10.2. The number of piperidine rings is 1. The van der Waals surface area contributed by atoms with Gasteiger partial charge in [0.2, 0.25) is 5.91 Å². The monoisotopic (exact) mass is 386 g/mol. The number of anilines is 2. The van der Waals surface area contributed by atoms with E-state index in [4.69, 9.17) is 0 Å². The van der Waals surface area contributed by atoms with E-state index >= 15 is 0 Å². The highest BCUT2D eigenvalue weighted by molar-refractivity contribution is 5.92. The van der Waals surface area contributed by atoms with Crippen molar-refractivity contribution in [2.75, 3.05) is 23.3 Å². The van der Waals surface area contributed by atoms with E-state index in [2.05, 4.69) is 27.3 Å². The zero-order chi connectivity index (χ0) is 20.1. The summed E-state index contributed by atoms with van der Waals surface area (Å²) in [5.74, 6) is 1.69. The van der Waals surface area contributed by atoms with Crippen molar-refractivity contribution in [1.29, 1.82) is 0 Å². The van der Waals surface area contributed by atoms with Crippen LogP contribution < -0.4 is 10.2 Å². The van der Waals surface area contributed by atoms with E-state index < -0.39 is 0 Å². The van der Waals surface area contributed by atoms with Gasteiger partial charge in [0.1, 0.15) is 0 Å². The molecular formula is C24H26N4O.